The van der Waals surface area contributed by atoms with Crippen molar-refractivity contribution in [1.29, 1.82) is 0 Å². The average molecular weight is 247 g/mol. The van der Waals surface area contributed by atoms with Gasteiger partial charge in [0.05, 0.1) is 17.9 Å². The zero-order valence-electron chi connectivity index (χ0n) is 10.7. The number of rotatable bonds is 9. The van der Waals surface area contributed by atoms with Crippen LogP contribution in [0, 0.1) is 0 Å². The van der Waals surface area contributed by atoms with E-state index in [4.69, 9.17) is 0 Å². The van der Waals surface area contributed by atoms with Crippen molar-refractivity contribution in [3.63, 3.8) is 0 Å². The molecule has 0 aliphatic carbocycles. The fourth-order valence-electron chi connectivity index (χ4n) is 1.43. The number of thioether (sulfide) groups is 1. The first-order valence-corrected chi connectivity index (χ1v) is 7.29. The van der Waals surface area contributed by atoms with E-state index in [2.05, 4.69) is 12.2 Å². The van der Waals surface area contributed by atoms with Gasteiger partial charge in [-0.1, -0.05) is 27.2 Å². The number of hydrogen-bond acceptors (Lipinski definition) is 3. The highest BCUT2D eigenvalue weighted by Gasteiger charge is 2.26. The van der Waals surface area contributed by atoms with Crippen LogP contribution in [0.5, 0.6) is 0 Å². The Balaban J connectivity index is 3.91. The zero-order chi connectivity index (χ0) is 12.4. The van der Waals surface area contributed by atoms with Crippen molar-refractivity contribution in [2.75, 3.05) is 18.1 Å². The van der Waals surface area contributed by atoms with Crippen molar-refractivity contribution in [3.05, 3.63) is 0 Å². The maximum absolute atomic E-state index is 11.7. The molecule has 0 heterocycles. The Hall–Kier alpha value is -0.220. The van der Waals surface area contributed by atoms with Crippen molar-refractivity contribution >= 4 is 17.7 Å². The van der Waals surface area contributed by atoms with Crippen molar-refractivity contribution < 1.29 is 9.90 Å². The van der Waals surface area contributed by atoms with Gasteiger partial charge in [-0.15, -0.1) is 0 Å². The number of aliphatic hydroxyl groups excluding tert-OH is 1. The lowest BCUT2D eigenvalue weighted by Crippen LogP contribution is -2.51. The summed E-state index contributed by atoms with van der Waals surface area (Å²) in [5.74, 6) is 1.58. The molecule has 16 heavy (non-hydrogen) atoms. The fraction of sp³-hybridized carbons (Fsp3) is 0.917. The van der Waals surface area contributed by atoms with Gasteiger partial charge in [0.1, 0.15) is 0 Å². The minimum Gasteiger partial charge on any atom is -0.394 e. The molecule has 0 rings (SSSR count). The lowest BCUT2D eigenvalue weighted by atomic mass is 9.94. The number of carbonyl (C=O) groups is 1. The van der Waals surface area contributed by atoms with Gasteiger partial charge in [-0.05, 0) is 25.0 Å². The highest BCUT2D eigenvalue weighted by atomic mass is 32.2. The quantitative estimate of drug-likeness (QED) is 0.614. The Kier molecular flexibility index (Phi) is 8.76. The molecule has 1 amide bonds. The highest BCUT2D eigenvalue weighted by Crippen LogP contribution is 2.14. The Labute approximate surface area is 103 Å². The molecule has 0 saturated heterocycles. The van der Waals surface area contributed by atoms with Gasteiger partial charge < -0.3 is 10.4 Å². The summed E-state index contributed by atoms with van der Waals surface area (Å²) in [7, 11) is 0. The highest BCUT2D eigenvalue weighted by molar-refractivity contribution is 7.99. The second-order valence-electron chi connectivity index (χ2n) is 4.10. The summed E-state index contributed by atoms with van der Waals surface area (Å²) in [6, 6.07) is 0. The summed E-state index contributed by atoms with van der Waals surface area (Å²) >= 11 is 1.66. The predicted octanol–water partition coefficient (Wildman–Crippen LogP) is 2.19. The minimum absolute atomic E-state index is 0.0192. The van der Waals surface area contributed by atoms with E-state index in [-0.39, 0.29) is 12.5 Å². The zero-order valence-corrected chi connectivity index (χ0v) is 11.5. The van der Waals surface area contributed by atoms with Crippen LogP contribution in [-0.2, 0) is 4.79 Å². The van der Waals surface area contributed by atoms with Crippen LogP contribution in [0.3, 0.4) is 0 Å². The van der Waals surface area contributed by atoms with Crippen LogP contribution in [0.2, 0.25) is 0 Å². The van der Waals surface area contributed by atoms with Gasteiger partial charge in [0.25, 0.3) is 0 Å². The van der Waals surface area contributed by atoms with E-state index in [1.165, 1.54) is 6.42 Å². The van der Waals surface area contributed by atoms with Gasteiger partial charge in [0.2, 0.25) is 5.91 Å². The molecule has 2 N–H and O–H groups in total. The van der Waals surface area contributed by atoms with Crippen LogP contribution in [0.15, 0.2) is 0 Å². The summed E-state index contributed by atoms with van der Waals surface area (Å²) in [6.45, 7) is 6.14. The van der Waals surface area contributed by atoms with Crippen LogP contribution < -0.4 is 5.32 Å². The topological polar surface area (TPSA) is 49.3 Å². The number of amides is 1. The minimum atomic E-state index is -0.414. The molecule has 0 bridgehead atoms. The third kappa shape index (κ3) is 5.75. The maximum atomic E-state index is 11.7. The van der Waals surface area contributed by atoms with E-state index in [0.717, 1.165) is 25.0 Å². The maximum Gasteiger partial charge on any atom is 0.230 e. The molecule has 0 spiro atoms. The van der Waals surface area contributed by atoms with Gasteiger partial charge >= 0.3 is 0 Å². The molecule has 0 aromatic rings. The van der Waals surface area contributed by atoms with Crippen molar-refractivity contribution in [3.8, 4) is 0 Å². The van der Waals surface area contributed by atoms with Crippen LogP contribution in [0.25, 0.3) is 0 Å². The van der Waals surface area contributed by atoms with E-state index in [0.29, 0.717) is 5.75 Å². The molecular weight excluding hydrogens is 222 g/mol. The van der Waals surface area contributed by atoms with Crippen LogP contribution in [0.1, 0.15) is 46.5 Å². The summed E-state index contributed by atoms with van der Waals surface area (Å²) in [5.41, 5.74) is -0.414. The standard InChI is InChI=1S/C12H25NO2S/c1-4-7-8-16-9-11(15)13-12(5-2,6-3)10-14/h14H,4-10H2,1-3H3,(H,13,15). The molecule has 0 aliphatic heterocycles. The smallest absolute Gasteiger partial charge is 0.230 e. The Bertz CT molecular complexity index is 185. The predicted molar refractivity (Wildman–Crippen MR) is 70.8 cm³/mol. The van der Waals surface area contributed by atoms with Crippen molar-refractivity contribution in [2.45, 2.75) is 52.0 Å². The first kappa shape index (κ1) is 15.8. The van der Waals surface area contributed by atoms with Gasteiger partial charge in [-0.2, -0.15) is 11.8 Å². The average Bonchev–Trinajstić information content (AvgIpc) is 2.32. The molecule has 0 aromatic carbocycles. The summed E-state index contributed by atoms with van der Waals surface area (Å²) < 4.78 is 0. The number of aliphatic hydroxyl groups is 1. The SMILES string of the molecule is CCCCSCC(=O)NC(CC)(CC)CO. The number of carbonyl (C=O) groups excluding carboxylic acids is 1. The van der Waals surface area contributed by atoms with Gasteiger partial charge in [-0.25, -0.2) is 0 Å². The van der Waals surface area contributed by atoms with Crippen molar-refractivity contribution in [2.24, 2.45) is 0 Å². The number of nitrogens with one attached hydrogen (secondary N) is 1. The molecule has 0 aromatic heterocycles. The van der Waals surface area contributed by atoms with Crippen LogP contribution >= 0.6 is 11.8 Å². The number of hydrogen-bond donors (Lipinski definition) is 2. The molecule has 0 unspecified atom stereocenters. The van der Waals surface area contributed by atoms with E-state index in [1.807, 2.05) is 13.8 Å². The van der Waals surface area contributed by atoms with Gasteiger partial charge in [-0.3, -0.25) is 4.79 Å². The van der Waals surface area contributed by atoms with E-state index in [9.17, 15) is 9.90 Å². The monoisotopic (exact) mass is 247 g/mol. The van der Waals surface area contributed by atoms with Crippen LogP contribution in [0.4, 0.5) is 0 Å². The van der Waals surface area contributed by atoms with Crippen LogP contribution in [-0.4, -0.2) is 34.7 Å². The normalized spacial score (nSPS) is 11.5. The second kappa shape index (κ2) is 8.88. The lowest BCUT2D eigenvalue weighted by molar-refractivity contribution is -0.121. The largest absolute Gasteiger partial charge is 0.394 e. The third-order valence-corrected chi connectivity index (χ3v) is 3.98. The number of unbranched alkanes of at least 4 members (excludes halogenated alkanes) is 1. The molecule has 0 fully saturated rings. The van der Waals surface area contributed by atoms with Crippen molar-refractivity contribution in [1.82, 2.24) is 5.32 Å². The molecule has 96 valence electrons. The molecule has 3 nitrogen and oxygen atoms in total. The van der Waals surface area contributed by atoms with E-state index < -0.39 is 5.54 Å². The first-order valence-electron chi connectivity index (χ1n) is 6.13. The Morgan fingerprint density at radius 3 is 2.38 bits per heavy atom. The Morgan fingerprint density at radius 1 is 1.31 bits per heavy atom. The lowest BCUT2D eigenvalue weighted by Gasteiger charge is -2.30. The molecule has 0 aliphatic rings. The second-order valence-corrected chi connectivity index (χ2v) is 5.21. The summed E-state index contributed by atoms with van der Waals surface area (Å²) in [4.78, 5) is 11.7. The Morgan fingerprint density at radius 2 is 1.94 bits per heavy atom. The van der Waals surface area contributed by atoms with Gasteiger partial charge in [0.15, 0.2) is 0 Å². The van der Waals surface area contributed by atoms with Gasteiger partial charge in [0, 0.05) is 0 Å². The molecular formula is C12H25NO2S. The summed E-state index contributed by atoms with van der Waals surface area (Å²) in [5, 5.41) is 12.3. The van der Waals surface area contributed by atoms with E-state index in [1.54, 1.807) is 11.8 Å². The fourth-order valence-corrected chi connectivity index (χ4v) is 2.33. The first-order chi connectivity index (χ1) is 7.64. The molecule has 4 heteroatoms. The molecule has 0 saturated carbocycles. The third-order valence-electron chi connectivity index (χ3n) is 2.94. The summed E-state index contributed by atoms with van der Waals surface area (Å²) in [6.07, 6.45) is 3.86. The molecule has 0 atom stereocenters. The molecule has 0 radical (unpaired) electrons. The van der Waals surface area contributed by atoms with E-state index >= 15 is 0 Å².